The van der Waals surface area contributed by atoms with Crippen molar-refractivity contribution in [2.75, 3.05) is 0 Å². The van der Waals surface area contributed by atoms with Gasteiger partial charge in [0.05, 0.1) is 0 Å². The molecule has 0 aliphatic carbocycles. The minimum absolute atomic E-state index is 0.782. The lowest BCUT2D eigenvalue weighted by Crippen LogP contribution is -2.00. The van der Waals surface area contributed by atoms with E-state index in [0.717, 1.165) is 5.02 Å². The van der Waals surface area contributed by atoms with E-state index in [0.29, 0.717) is 0 Å². The summed E-state index contributed by atoms with van der Waals surface area (Å²) in [6.45, 7) is 11.0. The lowest BCUT2D eigenvalue weighted by Gasteiger charge is -2.21. The molecular formula is C23H23Cl. The van der Waals surface area contributed by atoms with Gasteiger partial charge in [0.25, 0.3) is 0 Å². The molecular weight excluding hydrogens is 312 g/mol. The average Bonchev–Trinajstić information content (AvgIpc) is 2.54. The largest absolute Gasteiger partial charge is 0.0843 e. The Kier molecular flexibility index (Phi) is 4.51. The molecule has 0 aliphatic heterocycles. The van der Waals surface area contributed by atoms with Crippen LogP contribution in [-0.2, 0) is 0 Å². The van der Waals surface area contributed by atoms with Crippen LogP contribution >= 0.6 is 11.6 Å². The lowest BCUT2D eigenvalue weighted by molar-refractivity contribution is 1.24. The summed E-state index contributed by atoms with van der Waals surface area (Å²) in [5.41, 5.74) is 11.8. The highest BCUT2D eigenvalue weighted by atomic mass is 35.5. The van der Waals surface area contributed by atoms with Crippen molar-refractivity contribution in [2.24, 2.45) is 0 Å². The zero-order chi connectivity index (χ0) is 17.4. The van der Waals surface area contributed by atoms with Gasteiger partial charge in [0.15, 0.2) is 0 Å². The summed E-state index contributed by atoms with van der Waals surface area (Å²) in [6, 6.07) is 16.9. The van der Waals surface area contributed by atoms with Gasteiger partial charge in [-0.2, -0.15) is 0 Å². The molecule has 0 amide bonds. The van der Waals surface area contributed by atoms with E-state index in [1.54, 1.807) is 0 Å². The summed E-state index contributed by atoms with van der Waals surface area (Å²) in [5, 5.41) is 0.782. The van der Waals surface area contributed by atoms with Crippen molar-refractivity contribution >= 4 is 11.6 Å². The first-order valence-corrected chi connectivity index (χ1v) is 8.71. The summed E-state index contributed by atoms with van der Waals surface area (Å²) in [5.74, 6) is 0. The highest BCUT2D eigenvalue weighted by molar-refractivity contribution is 6.30. The van der Waals surface area contributed by atoms with Gasteiger partial charge in [-0.25, -0.2) is 0 Å². The first-order chi connectivity index (χ1) is 11.4. The van der Waals surface area contributed by atoms with Crippen molar-refractivity contribution in [3.05, 3.63) is 81.4 Å². The van der Waals surface area contributed by atoms with Gasteiger partial charge in [-0.1, -0.05) is 53.6 Å². The van der Waals surface area contributed by atoms with Crippen LogP contribution in [0, 0.1) is 34.6 Å². The second-order valence-corrected chi connectivity index (χ2v) is 7.07. The van der Waals surface area contributed by atoms with Crippen LogP contribution in [0.15, 0.2) is 48.5 Å². The van der Waals surface area contributed by atoms with Gasteiger partial charge in [0.2, 0.25) is 0 Å². The van der Waals surface area contributed by atoms with Gasteiger partial charge in [0, 0.05) is 5.02 Å². The molecule has 0 spiro atoms. The molecule has 1 heteroatoms. The van der Waals surface area contributed by atoms with E-state index in [9.17, 15) is 0 Å². The maximum Gasteiger partial charge on any atom is 0.0412 e. The van der Waals surface area contributed by atoms with Crippen molar-refractivity contribution in [2.45, 2.75) is 34.6 Å². The molecule has 0 N–H and O–H groups in total. The van der Waals surface area contributed by atoms with Gasteiger partial charge in [0.1, 0.15) is 0 Å². The Balaban J connectivity index is 2.30. The predicted octanol–water partition coefficient (Wildman–Crippen LogP) is 7.22. The van der Waals surface area contributed by atoms with Crippen LogP contribution in [-0.4, -0.2) is 0 Å². The van der Waals surface area contributed by atoms with Crippen molar-refractivity contribution in [1.29, 1.82) is 0 Å². The molecule has 0 saturated carbocycles. The van der Waals surface area contributed by atoms with Gasteiger partial charge in [-0.15, -0.1) is 0 Å². The average molecular weight is 335 g/mol. The number of rotatable bonds is 2. The van der Waals surface area contributed by atoms with E-state index in [4.69, 9.17) is 11.6 Å². The SMILES string of the molecule is Cc1cccc(-c2c(C)c(C)c(-c3cccc(Cl)c3)c(C)c2C)c1. The molecule has 0 atom stereocenters. The van der Waals surface area contributed by atoms with Crippen molar-refractivity contribution in [3.63, 3.8) is 0 Å². The fourth-order valence-corrected chi connectivity index (χ4v) is 3.81. The Labute approximate surface area is 150 Å². The van der Waals surface area contributed by atoms with Crippen molar-refractivity contribution in [3.8, 4) is 22.3 Å². The maximum atomic E-state index is 6.22. The van der Waals surface area contributed by atoms with Crippen molar-refractivity contribution < 1.29 is 0 Å². The molecule has 0 unspecified atom stereocenters. The van der Waals surface area contributed by atoms with E-state index in [1.165, 1.54) is 50.1 Å². The Bertz CT molecular complexity index is 814. The highest BCUT2D eigenvalue weighted by Crippen LogP contribution is 2.39. The molecule has 3 rings (SSSR count). The first kappa shape index (κ1) is 16.8. The van der Waals surface area contributed by atoms with Gasteiger partial charge >= 0.3 is 0 Å². The Morgan fingerprint density at radius 1 is 0.583 bits per heavy atom. The third-order valence-electron chi connectivity index (χ3n) is 5.05. The summed E-state index contributed by atoms with van der Waals surface area (Å²) in [6.07, 6.45) is 0. The van der Waals surface area contributed by atoms with Crippen LogP contribution in [0.2, 0.25) is 5.02 Å². The van der Waals surface area contributed by atoms with Crippen LogP contribution in [0.25, 0.3) is 22.3 Å². The number of aryl methyl sites for hydroxylation is 1. The van der Waals surface area contributed by atoms with E-state index < -0.39 is 0 Å². The molecule has 0 nitrogen and oxygen atoms in total. The number of hydrogen-bond acceptors (Lipinski definition) is 0. The summed E-state index contributed by atoms with van der Waals surface area (Å²) in [4.78, 5) is 0. The second kappa shape index (κ2) is 6.45. The normalized spacial score (nSPS) is 10.9. The molecule has 0 aromatic heterocycles. The van der Waals surface area contributed by atoms with Crippen LogP contribution in [0.5, 0.6) is 0 Å². The van der Waals surface area contributed by atoms with E-state index >= 15 is 0 Å². The van der Waals surface area contributed by atoms with E-state index in [2.05, 4.69) is 71.0 Å². The zero-order valence-corrected chi connectivity index (χ0v) is 15.8. The lowest BCUT2D eigenvalue weighted by atomic mass is 9.83. The molecule has 0 saturated heterocycles. The molecule has 3 aromatic carbocycles. The van der Waals surface area contributed by atoms with E-state index in [-0.39, 0.29) is 0 Å². The monoisotopic (exact) mass is 334 g/mol. The minimum Gasteiger partial charge on any atom is -0.0843 e. The Hall–Kier alpha value is -2.05. The summed E-state index contributed by atoms with van der Waals surface area (Å²) >= 11 is 6.22. The quantitative estimate of drug-likeness (QED) is 0.464. The van der Waals surface area contributed by atoms with Crippen LogP contribution in [0.3, 0.4) is 0 Å². The molecule has 0 heterocycles. The fraction of sp³-hybridized carbons (Fsp3) is 0.217. The molecule has 0 radical (unpaired) electrons. The maximum absolute atomic E-state index is 6.22. The molecule has 0 fully saturated rings. The third kappa shape index (κ3) is 2.87. The number of benzene rings is 3. The molecule has 0 aliphatic rings. The van der Waals surface area contributed by atoms with Crippen LogP contribution < -0.4 is 0 Å². The molecule has 3 aromatic rings. The van der Waals surface area contributed by atoms with E-state index in [1.807, 2.05) is 12.1 Å². The minimum atomic E-state index is 0.782. The summed E-state index contributed by atoms with van der Waals surface area (Å²) < 4.78 is 0. The Morgan fingerprint density at radius 2 is 1.04 bits per heavy atom. The van der Waals surface area contributed by atoms with Gasteiger partial charge < -0.3 is 0 Å². The Morgan fingerprint density at radius 3 is 1.50 bits per heavy atom. The third-order valence-corrected chi connectivity index (χ3v) is 5.28. The number of halogens is 1. The number of hydrogen-bond donors (Lipinski definition) is 0. The molecule has 0 bridgehead atoms. The standard InChI is InChI=1S/C23H23Cl/c1-14-8-6-9-19(12-14)22-15(2)17(4)23(18(5)16(22)3)20-10-7-11-21(24)13-20/h6-13H,1-5H3. The smallest absolute Gasteiger partial charge is 0.0412 e. The second-order valence-electron chi connectivity index (χ2n) is 6.63. The first-order valence-electron chi connectivity index (χ1n) is 8.33. The molecule has 122 valence electrons. The van der Waals surface area contributed by atoms with Crippen LogP contribution in [0.4, 0.5) is 0 Å². The zero-order valence-electron chi connectivity index (χ0n) is 15.0. The van der Waals surface area contributed by atoms with Crippen molar-refractivity contribution in [1.82, 2.24) is 0 Å². The molecule has 24 heavy (non-hydrogen) atoms. The summed E-state index contributed by atoms with van der Waals surface area (Å²) in [7, 11) is 0. The van der Waals surface area contributed by atoms with Gasteiger partial charge in [-0.3, -0.25) is 0 Å². The highest BCUT2D eigenvalue weighted by Gasteiger charge is 2.17. The predicted molar refractivity (Wildman–Crippen MR) is 106 cm³/mol. The fourth-order valence-electron chi connectivity index (χ4n) is 3.62. The van der Waals surface area contributed by atoms with Gasteiger partial charge in [-0.05, 0) is 91.3 Å². The topological polar surface area (TPSA) is 0 Å². The van der Waals surface area contributed by atoms with Crippen LogP contribution in [0.1, 0.15) is 27.8 Å².